The molecule has 0 atom stereocenters. The van der Waals surface area contributed by atoms with Gasteiger partial charge in [0.2, 0.25) is 0 Å². The highest BCUT2D eigenvalue weighted by Gasteiger charge is 2.65. The topological polar surface area (TPSA) is 9.23 Å². The van der Waals surface area contributed by atoms with Crippen LogP contribution in [-0.4, -0.2) is 39.1 Å². The van der Waals surface area contributed by atoms with Crippen LogP contribution in [0.15, 0.2) is 22.3 Å². The van der Waals surface area contributed by atoms with Crippen molar-refractivity contribution in [3.05, 3.63) is 22.3 Å². The molecule has 0 spiro atoms. The Morgan fingerprint density at radius 3 is 1.03 bits per heavy atom. The van der Waals surface area contributed by atoms with Crippen molar-refractivity contribution >= 4 is 8.32 Å². The lowest BCUT2D eigenvalue weighted by Gasteiger charge is -2.35. The molecule has 0 aromatic rings. The molecule has 0 unspecified atom stereocenters. The lowest BCUT2D eigenvalue weighted by molar-refractivity contribution is -0.130. The van der Waals surface area contributed by atoms with E-state index in [0.717, 1.165) is 0 Å². The molecule has 1 aliphatic rings. The van der Waals surface area contributed by atoms with Crippen LogP contribution in [0.5, 0.6) is 0 Å². The molecule has 0 radical (unpaired) electrons. The van der Waals surface area contributed by atoms with Crippen LogP contribution in [0.4, 0.5) is 52.7 Å². The molecule has 0 N–H and O–H groups in total. The quantitative estimate of drug-likeness (QED) is 0.306. The van der Waals surface area contributed by atoms with E-state index in [4.69, 9.17) is 4.43 Å². The van der Waals surface area contributed by atoms with Crippen molar-refractivity contribution < 1.29 is 57.1 Å². The SMILES string of the molecule is CC[Si](CC)(CC)OC1C(C(F)(F)F)=C(C(F)(F)F)C(C(F)(F)F)=C1C(F)(F)F. The lowest BCUT2D eigenvalue weighted by atomic mass is 10.0. The summed E-state index contributed by atoms with van der Waals surface area (Å²) in [4.78, 5) is 0. The number of hydrogen-bond donors (Lipinski definition) is 0. The van der Waals surface area contributed by atoms with Gasteiger partial charge in [0.05, 0.1) is 22.3 Å². The van der Waals surface area contributed by atoms with E-state index in [0.29, 0.717) is 0 Å². The van der Waals surface area contributed by atoms with Crippen molar-refractivity contribution in [2.75, 3.05) is 0 Å². The Morgan fingerprint density at radius 1 is 0.586 bits per heavy atom. The molecule has 0 saturated heterocycles. The zero-order chi connectivity index (χ0) is 23.2. The van der Waals surface area contributed by atoms with Gasteiger partial charge in [-0.05, 0) is 18.1 Å². The van der Waals surface area contributed by atoms with E-state index in [1.165, 1.54) is 20.8 Å². The fourth-order valence-corrected chi connectivity index (χ4v) is 5.95. The van der Waals surface area contributed by atoms with E-state index < -0.39 is 61.4 Å². The van der Waals surface area contributed by atoms with Gasteiger partial charge in [-0.25, -0.2) is 0 Å². The number of rotatable bonds is 5. The molecule has 170 valence electrons. The summed E-state index contributed by atoms with van der Waals surface area (Å²) in [5.74, 6) is 0. The van der Waals surface area contributed by atoms with Crippen LogP contribution in [0.25, 0.3) is 0 Å². The molecule has 0 amide bonds. The molecule has 0 bridgehead atoms. The molecule has 29 heavy (non-hydrogen) atoms. The standard InChI is InChI=1S/C15H16F12OSi/c1-4-29(5-2,6-3)28-11-9(14(22,23)24)7(12(16,17)18)8(13(19,20)21)10(11)15(25,26)27/h11H,4-6H2,1-3H3. The Balaban J connectivity index is 4.07. The molecule has 0 heterocycles. The van der Waals surface area contributed by atoms with Crippen LogP contribution in [-0.2, 0) is 4.43 Å². The summed E-state index contributed by atoms with van der Waals surface area (Å²) in [6.07, 6.45) is -28.5. The molecule has 0 aliphatic heterocycles. The zero-order valence-corrected chi connectivity index (χ0v) is 16.1. The fraction of sp³-hybridized carbons (Fsp3) is 0.733. The van der Waals surface area contributed by atoms with Crippen molar-refractivity contribution in [3.8, 4) is 0 Å². The molecule has 0 fully saturated rings. The van der Waals surface area contributed by atoms with E-state index in [9.17, 15) is 52.7 Å². The summed E-state index contributed by atoms with van der Waals surface area (Å²) in [6, 6.07) is -0.305. The van der Waals surface area contributed by atoms with Crippen LogP contribution < -0.4 is 0 Å². The molecular weight excluding hydrogens is 452 g/mol. The maximum Gasteiger partial charge on any atom is 0.417 e. The average Bonchev–Trinajstić information content (AvgIpc) is 2.88. The summed E-state index contributed by atoms with van der Waals surface area (Å²) in [5, 5.41) is 0. The fourth-order valence-electron chi connectivity index (χ4n) is 3.21. The van der Waals surface area contributed by atoms with Gasteiger partial charge in [0, 0.05) is 0 Å². The molecular formula is C15H16F12OSi. The number of alkyl halides is 12. The second kappa shape index (κ2) is 7.82. The largest absolute Gasteiger partial charge is 0.417 e. The van der Waals surface area contributed by atoms with Gasteiger partial charge in [0.15, 0.2) is 8.32 Å². The molecule has 0 aromatic carbocycles. The number of allylic oxidation sites excluding steroid dienone is 2. The van der Waals surface area contributed by atoms with Gasteiger partial charge in [-0.2, -0.15) is 52.7 Å². The molecule has 1 rings (SSSR count). The predicted octanol–water partition coefficient (Wildman–Crippen LogP) is 7.23. The third-order valence-electron chi connectivity index (χ3n) is 4.79. The van der Waals surface area contributed by atoms with E-state index in [1.54, 1.807) is 0 Å². The first-order chi connectivity index (χ1) is 12.8. The maximum atomic E-state index is 13.4. The summed E-state index contributed by atoms with van der Waals surface area (Å²) >= 11 is 0. The summed E-state index contributed by atoms with van der Waals surface area (Å²) in [6.45, 7) is 4.03. The van der Waals surface area contributed by atoms with Gasteiger partial charge < -0.3 is 4.43 Å². The van der Waals surface area contributed by atoms with Crippen molar-refractivity contribution in [2.45, 2.75) is 69.7 Å². The predicted molar refractivity (Wildman–Crippen MR) is 80.3 cm³/mol. The zero-order valence-electron chi connectivity index (χ0n) is 15.1. The Hall–Kier alpha value is -1.18. The summed E-state index contributed by atoms with van der Waals surface area (Å²) in [7, 11) is -3.50. The van der Waals surface area contributed by atoms with E-state index in [1.807, 2.05) is 0 Å². The van der Waals surface area contributed by atoms with Crippen LogP contribution in [0, 0.1) is 0 Å². The second-order valence-electron chi connectivity index (χ2n) is 6.31. The van der Waals surface area contributed by atoms with Gasteiger partial charge in [-0.15, -0.1) is 0 Å². The normalized spacial score (nSPS) is 18.3. The highest BCUT2D eigenvalue weighted by molar-refractivity contribution is 6.73. The molecule has 1 aliphatic carbocycles. The Bertz CT molecular complexity index is 617. The minimum absolute atomic E-state index is 0.102. The van der Waals surface area contributed by atoms with Gasteiger partial charge in [-0.3, -0.25) is 0 Å². The minimum atomic E-state index is -6.35. The van der Waals surface area contributed by atoms with Crippen LogP contribution in [0.2, 0.25) is 18.1 Å². The summed E-state index contributed by atoms with van der Waals surface area (Å²) < 4.78 is 165. The lowest BCUT2D eigenvalue weighted by Crippen LogP contribution is -2.44. The highest BCUT2D eigenvalue weighted by atomic mass is 28.4. The van der Waals surface area contributed by atoms with Crippen molar-refractivity contribution in [1.82, 2.24) is 0 Å². The third-order valence-corrected chi connectivity index (χ3v) is 9.39. The van der Waals surface area contributed by atoms with Crippen LogP contribution in [0.3, 0.4) is 0 Å². The van der Waals surface area contributed by atoms with E-state index >= 15 is 0 Å². The molecule has 0 saturated carbocycles. The van der Waals surface area contributed by atoms with Gasteiger partial charge in [0.1, 0.15) is 6.10 Å². The van der Waals surface area contributed by atoms with Gasteiger partial charge in [-0.1, -0.05) is 20.8 Å². The average molecular weight is 468 g/mol. The number of halogens is 12. The van der Waals surface area contributed by atoms with Crippen molar-refractivity contribution in [3.63, 3.8) is 0 Å². The Labute approximate surface area is 158 Å². The molecule has 14 heteroatoms. The number of hydrogen-bond acceptors (Lipinski definition) is 1. The van der Waals surface area contributed by atoms with Crippen LogP contribution >= 0.6 is 0 Å². The first-order valence-corrected chi connectivity index (χ1v) is 10.7. The Kier molecular flexibility index (Phi) is 6.97. The smallest absolute Gasteiger partial charge is 0.406 e. The first-order valence-electron chi connectivity index (χ1n) is 8.22. The van der Waals surface area contributed by atoms with E-state index in [2.05, 4.69) is 0 Å². The monoisotopic (exact) mass is 468 g/mol. The highest BCUT2D eigenvalue weighted by Crippen LogP contribution is 2.57. The minimum Gasteiger partial charge on any atom is -0.406 e. The van der Waals surface area contributed by atoms with Gasteiger partial charge in [0.25, 0.3) is 0 Å². The van der Waals surface area contributed by atoms with Gasteiger partial charge >= 0.3 is 24.7 Å². The van der Waals surface area contributed by atoms with E-state index in [-0.39, 0.29) is 18.1 Å². The molecule has 1 nitrogen and oxygen atoms in total. The summed E-state index contributed by atoms with van der Waals surface area (Å²) in [5.41, 5.74) is -12.8. The first kappa shape index (κ1) is 25.9. The second-order valence-corrected chi connectivity index (χ2v) is 11.0. The van der Waals surface area contributed by atoms with Crippen LogP contribution in [0.1, 0.15) is 20.8 Å². The van der Waals surface area contributed by atoms with Crippen molar-refractivity contribution in [1.29, 1.82) is 0 Å². The Morgan fingerprint density at radius 2 is 0.862 bits per heavy atom. The van der Waals surface area contributed by atoms with Crippen molar-refractivity contribution in [2.24, 2.45) is 0 Å². The third kappa shape index (κ3) is 5.12. The molecule has 0 aromatic heterocycles. The maximum absolute atomic E-state index is 13.4.